The molecule has 0 atom stereocenters. The Labute approximate surface area is 123 Å². The largest absolute Gasteiger partial charge is 0.412 e. The fourth-order valence-corrected chi connectivity index (χ4v) is 2.40. The second kappa shape index (κ2) is 7.41. The van der Waals surface area contributed by atoms with Crippen molar-refractivity contribution in [3.8, 4) is 0 Å². The van der Waals surface area contributed by atoms with Gasteiger partial charge in [-0.3, -0.25) is 4.98 Å². The molecule has 3 rings (SSSR count). The van der Waals surface area contributed by atoms with Crippen molar-refractivity contribution in [3.63, 3.8) is 0 Å². The third-order valence-electron chi connectivity index (χ3n) is 3.42. The van der Waals surface area contributed by atoms with Gasteiger partial charge >= 0.3 is 0 Å². The Morgan fingerprint density at radius 3 is 2.10 bits per heavy atom. The smallest absolute Gasteiger partial charge is 0.151 e. The number of nitrogens with two attached hydrogens (primary N) is 1. The van der Waals surface area contributed by atoms with E-state index in [9.17, 15) is 0 Å². The maximum Gasteiger partial charge on any atom is 0.151 e. The molecule has 0 aromatic carbocycles. The van der Waals surface area contributed by atoms with Crippen molar-refractivity contribution in [2.45, 2.75) is 0 Å². The molecule has 7 nitrogen and oxygen atoms in total. The standard InChI is InChI=1S/C14H17N5.2H2O/c15-13-2-1-5-17-14(13)19-10-8-18(9-11-19)12-3-6-16-7-4-12;;/h1-7H,8-11,15H2;2*1H2. The van der Waals surface area contributed by atoms with Crippen molar-refractivity contribution in [1.82, 2.24) is 9.97 Å². The molecular formula is C14H21N5O2. The number of hydrogen-bond donors (Lipinski definition) is 1. The molecule has 0 unspecified atom stereocenters. The number of piperazine rings is 1. The van der Waals surface area contributed by atoms with Gasteiger partial charge in [-0.05, 0) is 24.3 Å². The SMILES string of the molecule is Nc1cccnc1N1CCN(c2ccncc2)CC1.O.O. The zero-order valence-corrected chi connectivity index (χ0v) is 11.7. The van der Waals surface area contributed by atoms with Gasteiger partial charge in [-0.25, -0.2) is 4.98 Å². The third-order valence-corrected chi connectivity index (χ3v) is 3.42. The van der Waals surface area contributed by atoms with Gasteiger partial charge in [-0.1, -0.05) is 0 Å². The second-order valence-electron chi connectivity index (χ2n) is 4.60. The van der Waals surface area contributed by atoms with Crippen LogP contribution in [0.1, 0.15) is 0 Å². The van der Waals surface area contributed by atoms with Crippen LogP contribution in [0.2, 0.25) is 0 Å². The molecule has 2 aromatic rings. The van der Waals surface area contributed by atoms with Crippen molar-refractivity contribution in [1.29, 1.82) is 0 Å². The van der Waals surface area contributed by atoms with E-state index < -0.39 is 0 Å². The van der Waals surface area contributed by atoms with Crippen LogP contribution in [0.5, 0.6) is 0 Å². The molecule has 1 aliphatic rings. The lowest BCUT2D eigenvalue weighted by atomic mass is 10.2. The first-order valence-electron chi connectivity index (χ1n) is 6.45. The van der Waals surface area contributed by atoms with Gasteiger partial charge in [0.15, 0.2) is 5.82 Å². The highest BCUT2D eigenvalue weighted by Gasteiger charge is 2.19. The predicted octanol–water partition coefficient (Wildman–Crippen LogP) is -0.264. The first-order chi connectivity index (χ1) is 9.34. The van der Waals surface area contributed by atoms with E-state index in [4.69, 9.17) is 5.73 Å². The van der Waals surface area contributed by atoms with E-state index in [-0.39, 0.29) is 11.0 Å². The molecule has 3 heterocycles. The first kappa shape index (κ1) is 16.7. The summed E-state index contributed by atoms with van der Waals surface area (Å²) in [5.41, 5.74) is 7.95. The van der Waals surface area contributed by atoms with E-state index in [1.54, 1.807) is 6.20 Å². The highest BCUT2D eigenvalue weighted by molar-refractivity contribution is 5.63. The van der Waals surface area contributed by atoms with E-state index in [0.717, 1.165) is 37.7 Å². The molecule has 1 aliphatic heterocycles. The van der Waals surface area contributed by atoms with Crippen LogP contribution in [0, 0.1) is 0 Å². The van der Waals surface area contributed by atoms with E-state index in [1.165, 1.54) is 5.69 Å². The Morgan fingerprint density at radius 2 is 1.48 bits per heavy atom. The van der Waals surface area contributed by atoms with Crippen LogP contribution < -0.4 is 15.5 Å². The molecule has 0 amide bonds. The van der Waals surface area contributed by atoms with Gasteiger partial charge in [0, 0.05) is 50.5 Å². The van der Waals surface area contributed by atoms with E-state index in [0.29, 0.717) is 0 Å². The Bertz CT molecular complexity index is 544. The zero-order valence-electron chi connectivity index (χ0n) is 11.7. The number of nitrogens with zero attached hydrogens (tertiary/aromatic N) is 4. The number of nitrogen functional groups attached to an aromatic ring is 1. The van der Waals surface area contributed by atoms with E-state index >= 15 is 0 Å². The van der Waals surface area contributed by atoms with Crippen LogP contribution in [0.3, 0.4) is 0 Å². The highest BCUT2D eigenvalue weighted by atomic mass is 16.0. The average Bonchev–Trinajstić information content (AvgIpc) is 2.49. The van der Waals surface area contributed by atoms with Gasteiger partial charge in [-0.2, -0.15) is 0 Å². The van der Waals surface area contributed by atoms with Crippen LogP contribution in [0.25, 0.3) is 0 Å². The molecule has 2 aromatic heterocycles. The van der Waals surface area contributed by atoms with Crippen LogP contribution in [0.4, 0.5) is 17.2 Å². The maximum absolute atomic E-state index is 5.97. The molecule has 7 heteroatoms. The summed E-state index contributed by atoms with van der Waals surface area (Å²) in [6.07, 6.45) is 5.46. The number of rotatable bonds is 2. The Hall–Kier alpha value is -2.38. The van der Waals surface area contributed by atoms with Crippen LogP contribution >= 0.6 is 0 Å². The van der Waals surface area contributed by atoms with Crippen LogP contribution in [0.15, 0.2) is 42.9 Å². The van der Waals surface area contributed by atoms with Gasteiger partial charge in [-0.15, -0.1) is 0 Å². The minimum absolute atomic E-state index is 0. The van der Waals surface area contributed by atoms with Gasteiger partial charge < -0.3 is 26.5 Å². The lowest BCUT2D eigenvalue weighted by molar-refractivity contribution is 0.648. The predicted molar refractivity (Wildman–Crippen MR) is 84.5 cm³/mol. The van der Waals surface area contributed by atoms with Gasteiger partial charge in [0.2, 0.25) is 0 Å². The second-order valence-corrected chi connectivity index (χ2v) is 4.60. The number of anilines is 3. The third kappa shape index (κ3) is 3.59. The minimum atomic E-state index is 0. The molecule has 0 saturated carbocycles. The summed E-state index contributed by atoms with van der Waals surface area (Å²) >= 11 is 0. The summed E-state index contributed by atoms with van der Waals surface area (Å²) in [7, 11) is 0. The molecule has 0 spiro atoms. The molecule has 0 radical (unpaired) electrons. The molecular weight excluding hydrogens is 270 g/mol. The minimum Gasteiger partial charge on any atom is -0.412 e. The monoisotopic (exact) mass is 291 g/mol. The summed E-state index contributed by atoms with van der Waals surface area (Å²) in [6.45, 7) is 3.81. The zero-order chi connectivity index (χ0) is 13.1. The fraction of sp³-hybridized carbons (Fsp3) is 0.286. The Balaban J connectivity index is 0.00000110. The quantitative estimate of drug-likeness (QED) is 0.816. The lowest BCUT2D eigenvalue weighted by Gasteiger charge is -2.37. The topological polar surface area (TPSA) is 121 Å². The summed E-state index contributed by atoms with van der Waals surface area (Å²) in [5.74, 6) is 0.900. The number of hydrogen-bond acceptors (Lipinski definition) is 5. The normalized spacial score (nSPS) is 14.1. The molecule has 1 saturated heterocycles. The van der Waals surface area contributed by atoms with Crippen molar-refractivity contribution in [2.75, 3.05) is 41.7 Å². The molecule has 114 valence electrons. The number of aromatic nitrogens is 2. The van der Waals surface area contributed by atoms with Crippen molar-refractivity contribution >= 4 is 17.2 Å². The summed E-state index contributed by atoms with van der Waals surface area (Å²) in [6, 6.07) is 7.86. The Kier molecular flexibility index (Phi) is 5.89. The average molecular weight is 291 g/mol. The maximum atomic E-state index is 5.97. The van der Waals surface area contributed by atoms with Crippen molar-refractivity contribution in [3.05, 3.63) is 42.9 Å². The lowest BCUT2D eigenvalue weighted by Crippen LogP contribution is -2.47. The highest BCUT2D eigenvalue weighted by Crippen LogP contribution is 2.22. The van der Waals surface area contributed by atoms with Crippen LogP contribution in [-0.2, 0) is 0 Å². The molecule has 0 aliphatic carbocycles. The molecule has 1 fully saturated rings. The van der Waals surface area contributed by atoms with Gasteiger partial charge in [0.1, 0.15) is 0 Å². The molecule has 0 bridgehead atoms. The van der Waals surface area contributed by atoms with Crippen molar-refractivity contribution in [2.24, 2.45) is 0 Å². The summed E-state index contributed by atoms with van der Waals surface area (Å²) in [5, 5.41) is 0. The first-order valence-corrected chi connectivity index (χ1v) is 6.45. The molecule has 21 heavy (non-hydrogen) atoms. The fourth-order valence-electron chi connectivity index (χ4n) is 2.40. The van der Waals surface area contributed by atoms with E-state index in [2.05, 4.69) is 19.8 Å². The number of pyridine rings is 2. The van der Waals surface area contributed by atoms with Crippen molar-refractivity contribution < 1.29 is 11.0 Å². The van der Waals surface area contributed by atoms with Gasteiger partial charge in [0.05, 0.1) is 5.69 Å². The summed E-state index contributed by atoms with van der Waals surface area (Å²) < 4.78 is 0. The molecule has 6 N–H and O–H groups in total. The summed E-state index contributed by atoms with van der Waals surface area (Å²) in [4.78, 5) is 13.0. The van der Waals surface area contributed by atoms with Crippen LogP contribution in [-0.4, -0.2) is 47.1 Å². The van der Waals surface area contributed by atoms with Gasteiger partial charge in [0.25, 0.3) is 0 Å². The Morgan fingerprint density at radius 1 is 0.857 bits per heavy atom. The van der Waals surface area contributed by atoms with E-state index in [1.807, 2.05) is 36.7 Å².